The van der Waals surface area contributed by atoms with E-state index in [2.05, 4.69) is 11.4 Å². The van der Waals surface area contributed by atoms with Gasteiger partial charge in [0.05, 0.1) is 36.4 Å². The average molecular weight is 435 g/mol. The molecule has 0 saturated carbocycles. The van der Waals surface area contributed by atoms with E-state index >= 15 is 0 Å². The van der Waals surface area contributed by atoms with Crippen molar-refractivity contribution in [3.8, 4) is 28.7 Å². The first kappa shape index (κ1) is 22.2. The molecule has 3 aromatic carbocycles. The molecule has 3 aromatic rings. The van der Waals surface area contributed by atoms with E-state index in [4.69, 9.17) is 21.1 Å². The third-order valence-electron chi connectivity index (χ3n) is 5.04. The van der Waals surface area contributed by atoms with Gasteiger partial charge >= 0.3 is 0 Å². The minimum absolute atomic E-state index is 0.339. The fourth-order valence-corrected chi connectivity index (χ4v) is 3.49. The van der Waals surface area contributed by atoms with Crippen LogP contribution >= 0.6 is 11.6 Å². The molecule has 1 N–H and O–H groups in total. The lowest BCUT2D eigenvalue weighted by Gasteiger charge is -2.22. The Bertz CT molecular complexity index is 1150. The number of rotatable bonds is 6. The van der Waals surface area contributed by atoms with Gasteiger partial charge in [0.2, 0.25) is 0 Å². The van der Waals surface area contributed by atoms with Gasteiger partial charge in [0.1, 0.15) is 0 Å². The number of ether oxygens (including phenoxy) is 2. The molecular weight excluding hydrogens is 412 g/mol. The topological polar surface area (TPSA) is 71.3 Å². The molecule has 0 heterocycles. The fraction of sp³-hybridized carbons (Fsp3) is 0.200. The molecule has 0 atom stereocenters. The molecule has 5 nitrogen and oxygen atoms in total. The van der Waals surface area contributed by atoms with Crippen LogP contribution in [0.1, 0.15) is 29.8 Å². The molecule has 1 amide bonds. The highest BCUT2D eigenvalue weighted by atomic mass is 35.5. The van der Waals surface area contributed by atoms with Crippen molar-refractivity contribution in [2.45, 2.75) is 19.3 Å². The van der Waals surface area contributed by atoms with E-state index in [9.17, 15) is 10.1 Å². The molecule has 6 heteroatoms. The quantitative estimate of drug-likeness (QED) is 0.510. The summed E-state index contributed by atoms with van der Waals surface area (Å²) in [6.45, 7) is 3.68. The van der Waals surface area contributed by atoms with Crippen LogP contribution in [0.4, 0.5) is 5.69 Å². The van der Waals surface area contributed by atoms with Crippen LogP contribution in [0.5, 0.6) is 11.5 Å². The van der Waals surface area contributed by atoms with Gasteiger partial charge in [0.25, 0.3) is 5.91 Å². The third-order valence-corrected chi connectivity index (χ3v) is 5.35. The zero-order valence-electron chi connectivity index (χ0n) is 17.8. The number of carbonyl (C=O) groups is 1. The van der Waals surface area contributed by atoms with Crippen LogP contribution in [0.3, 0.4) is 0 Å². The van der Waals surface area contributed by atoms with Crippen LogP contribution in [0.2, 0.25) is 5.02 Å². The lowest BCUT2D eigenvalue weighted by Crippen LogP contribution is -2.17. The van der Waals surface area contributed by atoms with Crippen LogP contribution < -0.4 is 14.8 Å². The van der Waals surface area contributed by atoms with Crippen molar-refractivity contribution in [3.63, 3.8) is 0 Å². The summed E-state index contributed by atoms with van der Waals surface area (Å²) >= 11 is 6.52. The molecule has 3 rings (SSSR count). The van der Waals surface area contributed by atoms with Gasteiger partial charge in [-0.15, -0.1) is 0 Å². The molecule has 0 aromatic heterocycles. The van der Waals surface area contributed by atoms with Crippen molar-refractivity contribution >= 4 is 23.2 Å². The van der Waals surface area contributed by atoms with Crippen LogP contribution in [0.15, 0.2) is 60.7 Å². The molecule has 0 radical (unpaired) electrons. The predicted octanol–water partition coefficient (Wildman–Crippen LogP) is 6.08. The van der Waals surface area contributed by atoms with Crippen LogP contribution in [0.25, 0.3) is 11.1 Å². The second-order valence-corrected chi connectivity index (χ2v) is 7.91. The number of halogens is 1. The Balaban J connectivity index is 2.04. The summed E-state index contributed by atoms with van der Waals surface area (Å²) in [7, 11) is 3.05. The maximum atomic E-state index is 12.9. The summed E-state index contributed by atoms with van der Waals surface area (Å²) in [5.74, 6) is 0.651. The first-order valence-corrected chi connectivity index (χ1v) is 10.0. The molecule has 0 spiro atoms. The summed E-state index contributed by atoms with van der Waals surface area (Å²) in [6.07, 6.45) is 0. The Kier molecular flexibility index (Phi) is 6.53. The molecule has 0 saturated heterocycles. The van der Waals surface area contributed by atoms with Gasteiger partial charge in [0, 0.05) is 5.56 Å². The number of anilines is 1. The van der Waals surface area contributed by atoms with Gasteiger partial charge in [-0.1, -0.05) is 41.9 Å². The smallest absolute Gasteiger partial charge is 0.255 e. The minimum Gasteiger partial charge on any atom is -0.493 e. The summed E-state index contributed by atoms with van der Waals surface area (Å²) in [4.78, 5) is 12.9. The second-order valence-electron chi connectivity index (χ2n) is 7.50. The predicted molar refractivity (Wildman–Crippen MR) is 123 cm³/mol. The normalized spacial score (nSPS) is 10.8. The van der Waals surface area contributed by atoms with Crippen molar-refractivity contribution in [2.75, 3.05) is 19.5 Å². The monoisotopic (exact) mass is 434 g/mol. The van der Waals surface area contributed by atoms with Gasteiger partial charge in [-0.2, -0.15) is 5.26 Å². The number of methoxy groups -OCH3 is 2. The van der Waals surface area contributed by atoms with E-state index in [1.807, 2.05) is 50.2 Å². The van der Waals surface area contributed by atoms with E-state index < -0.39 is 5.41 Å². The summed E-state index contributed by atoms with van der Waals surface area (Å²) in [5, 5.41) is 12.9. The zero-order chi connectivity index (χ0) is 22.6. The highest BCUT2D eigenvalue weighted by Crippen LogP contribution is 2.39. The average Bonchev–Trinajstić information content (AvgIpc) is 2.80. The lowest BCUT2D eigenvalue weighted by molar-refractivity contribution is 0.102. The van der Waals surface area contributed by atoms with Gasteiger partial charge in [-0.25, -0.2) is 0 Å². The number of hydrogen-bond acceptors (Lipinski definition) is 4. The summed E-state index contributed by atoms with van der Waals surface area (Å²) in [5.41, 5.74) is 2.64. The molecule has 0 aliphatic heterocycles. The van der Waals surface area contributed by atoms with Gasteiger partial charge in [-0.05, 0) is 60.9 Å². The van der Waals surface area contributed by atoms with Crippen molar-refractivity contribution in [1.82, 2.24) is 0 Å². The lowest BCUT2D eigenvalue weighted by atomic mass is 9.81. The van der Waals surface area contributed by atoms with Crippen LogP contribution in [0, 0.1) is 11.3 Å². The first-order valence-electron chi connectivity index (χ1n) is 9.64. The molecule has 158 valence electrons. The Hall–Kier alpha value is -3.49. The SMILES string of the molecule is COc1ccc(C(=O)Nc2cc(-c3ccccc3)c(C(C)(C)C#N)cc2Cl)cc1OC. The number of hydrogen-bond donors (Lipinski definition) is 1. The number of nitrogens with zero attached hydrogens (tertiary/aromatic N) is 1. The molecule has 0 aliphatic carbocycles. The Morgan fingerprint density at radius 3 is 2.29 bits per heavy atom. The molecular formula is C25H23ClN2O3. The molecule has 0 fully saturated rings. The van der Waals surface area contributed by atoms with E-state index in [-0.39, 0.29) is 5.91 Å². The van der Waals surface area contributed by atoms with E-state index in [1.54, 1.807) is 24.3 Å². The maximum Gasteiger partial charge on any atom is 0.255 e. The maximum absolute atomic E-state index is 12.9. The third kappa shape index (κ3) is 4.65. The minimum atomic E-state index is -0.763. The largest absolute Gasteiger partial charge is 0.493 e. The first-order chi connectivity index (χ1) is 14.8. The van der Waals surface area contributed by atoms with Crippen molar-refractivity contribution in [1.29, 1.82) is 5.26 Å². The molecule has 0 aliphatic rings. The molecule has 0 unspecified atom stereocenters. The molecule has 0 bridgehead atoms. The van der Waals surface area contributed by atoms with Gasteiger partial charge in [0.15, 0.2) is 11.5 Å². The van der Waals surface area contributed by atoms with Gasteiger partial charge < -0.3 is 14.8 Å². The Morgan fingerprint density at radius 2 is 1.68 bits per heavy atom. The van der Waals surface area contributed by atoms with Crippen molar-refractivity contribution in [2.24, 2.45) is 0 Å². The van der Waals surface area contributed by atoms with Crippen LogP contribution in [-0.4, -0.2) is 20.1 Å². The van der Waals surface area contributed by atoms with Crippen molar-refractivity contribution < 1.29 is 14.3 Å². The number of benzene rings is 3. The fourth-order valence-electron chi connectivity index (χ4n) is 3.27. The van der Waals surface area contributed by atoms with Crippen LogP contribution in [-0.2, 0) is 5.41 Å². The summed E-state index contributed by atoms with van der Waals surface area (Å²) < 4.78 is 10.5. The van der Waals surface area contributed by atoms with E-state index in [1.165, 1.54) is 14.2 Å². The van der Waals surface area contributed by atoms with Gasteiger partial charge in [-0.3, -0.25) is 4.79 Å². The number of nitriles is 1. The summed E-state index contributed by atoms with van der Waals surface area (Å²) in [6, 6.07) is 20.5. The number of nitrogens with one attached hydrogen (secondary N) is 1. The second kappa shape index (κ2) is 9.11. The van der Waals surface area contributed by atoms with E-state index in [0.29, 0.717) is 27.8 Å². The Labute approximate surface area is 187 Å². The highest BCUT2D eigenvalue weighted by Gasteiger charge is 2.26. The zero-order valence-corrected chi connectivity index (χ0v) is 18.6. The number of amides is 1. The van der Waals surface area contributed by atoms with Crippen molar-refractivity contribution in [3.05, 3.63) is 76.8 Å². The van der Waals surface area contributed by atoms with E-state index in [0.717, 1.165) is 16.7 Å². The standard InChI is InChI=1S/C25H23ClN2O3/c1-25(2,15-27)19-14-20(26)21(13-18(19)16-8-6-5-7-9-16)28-24(29)17-10-11-22(30-3)23(12-17)31-4/h5-14H,1-4H3,(H,28,29). The highest BCUT2D eigenvalue weighted by molar-refractivity contribution is 6.34. The molecule has 31 heavy (non-hydrogen) atoms. The Morgan fingerprint density at radius 1 is 1.00 bits per heavy atom. The number of carbonyl (C=O) groups excluding carboxylic acids is 1.